The van der Waals surface area contributed by atoms with Crippen molar-refractivity contribution in [1.82, 2.24) is 9.88 Å². The third-order valence-corrected chi connectivity index (χ3v) is 3.49. The molecule has 1 amide bonds. The highest BCUT2D eigenvalue weighted by Gasteiger charge is 2.29. The van der Waals surface area contributed by atoms with Crippen molar-refractivity contribution in [1.29, 1.82) is 0 Å². The van der Waals surface area contributed by atoms with Crippen LogP contribution in [-0.2, 0) is 0 Å². The number of hydrogen-bond acceptors (Lipinski definition) is 3. The number of hydrogen-bond donors (Lipinski definition) is 1. The summed E-state index contributed by atoms with van der Waals surface area (Å²) in [6, 6.07) is 1.89. The van der Waals surface area contributed by atoms with Gasteiger partial charge in [-0.15, -0.1) is 0 Å². The number of aromatic nitrogens is 1. The van der Waals surface area contributed by atoms with Crippen molar-refractivity contribution in [3.63, 3.8) is 0 Å². The van der Waals surface area contributed by atoms with Crippen molar-refractivity contribution < 1.29 is 9.90 Å². The van der Waals surface area contributed by atoms with Crippen LogP contribution in [0.2, 0.25) is 0 Å². The Morgan fingerprint density at radius 3 is 2.88 bits per heavy atom. The molecule has 0 aromatic carbocycles. The van der Waals surface area contributed by atoms with Crippen LogP contribution in [0.25, 0.3) is 0 Å². The third kappa shape index (κ3) is 2.60. The van der Waals surface area contributed by atoms with Gasteiger partial charge in [0, 0.05) is 24.1 Å². The number of aromatic hydroxyl groups is 1. The lowest BCUT2D eigenvalue weighted by molar-refractivity contribution is 0.0596. The summed E-state index contributed by atoms with van der Waals surface area (Å²) in [5.74, 6) is -0.148. The molecule has 1 heterocycles. The average Bonchev–Trinajstić information content (AvgIpc) is 2.26. The molecule has 0 atom stereocenters. The van der Waals surface area contributed by atoms with Crippen LogP contribution in [0.15, 0.2) is 18.5 Å². The van der Waals surface area contributed by atoms with E-state index in [2.05, 4.69) is 20.9 Å². The van der Waals surface area contributed by atoms with E-state index < -0.39 is 0 Å². The Hall–Kier alpha value is -1.10. The first kappa shape index (κ1) is 12.4. The van der Waals surface area contributed by atoms with E-state index >= 15 is 0 Å². The molecule has 5 heteroatoms. The van der Waals surface area contributed by atoms with E-state index in [1.807, 2.05) is 4.90 Å². The average molecular weight is 299 g/mol. The SMILES string of the molecule is O=C(c1ccncc1O)N(CCBr)C1CCC1. The summed E-state index contributed by atoms with van der Waals surface area (Å²) in [6.45, 7) is 0.672. The minimum Gasteiger partial charge on any atom is -0.505 e. The second-order valence-corrected chi connectivity index (χ2v) is 4.96. The molecule has 0 spiro atoms. The smallest absolute Gasteiger partial charge is 0.258 e. The lowest BCUT2D eigenvalue weighted by Gasteiger charge is -2.37. The maximum atomic E-state index is 12.3. The van der Waals surface area contributed by atoms with Crippen LogP contribution in [0.4, 0.5) is 0 Å². The molecule has 2 rings (SSSR count). The van der Waals surface area contributed by atoms with Crippen molar-refractivity contribution in [2.75, 3.05) is 11.9 Å². The second-order valence-electron chi connectivity index (χ2n) is 4.17. The molecule has 17 heavy (non-hydrogen) atoms. The molecular weight excluding hydrogens is 284 g/mol. The van der Waals surface area contributed by atoms with Crippen LogP contribution < -0.4 is 0 Å². The molecule has 0 unspecified atom stereocenters. The molecule has 0 bridgehead atoms. The summed E-state index contributed by atoms with van der Waals surface area (Å²) in [5.41, 5.74) is 0.341. The summed E-state index contributed by atoms with van der Waals surface area (Å²) in [6.07, 6.45) is 6.13. The molecule has 1 fully saturated rings. The normalized spacial score (nSPS) is 15.4. The molecule has 1 aliphatic rings. The van der Waals surface area contributed by atoms with Crippen molar-refractivity contribution in [2.24, 2.45) is 0 Å². The van der Waals surface area contributed by atoms with Gasteiger partial charge in [-0.05, 0) is 25.3 Å². The zero-order valence-electron chi connectivity index (χ0n) is 9.47. The topological polar surface area (TPSA) is 53.4 Å². The number of rotatable bonds is 4. The predicted molar refractivity (Wildman–Crippen MR) is 68.4 cm³/mol. The summed E-state index contributed by atoms with van der Waals surface area (Å²) in [7, 11) is 0. The second kappa shape index (κ2) is 5.49. The maximum absolute atomic E-state index is 12.3. The van der Waals surface area contributed by atoms with Crippen molar-refractivity contribution in [2.45, 2.75) is 25.3 Å². The summed E-state index contributed by atoms with van der Waals surface area (Å²) >= 11 is 3.36. The van der Waals surface area contributed by atoms with Crippen LogP contribution >= 0.6 is 15.9 Å². The van der Waals surface area contributed by atoms with Gasteiger partial charge in [0.05, 0.1) is 11.8 Å². The fraction of sp³-hybridized carbons (Fsp3) is 0.500. The number of alkyl halides is 1. The number of halogens is 1. The number of nitrogens with zero attached hydrogens (tertiary/aromatic N) is 2. The van der Waals surface area contributed by atoms with E-state index in [4.69, 9.17) is 0 Å². The Labute approximate surface area is 109 Å². The Kier molecular flexibility index (Phi) is 3.99. The zero-order valence-corrected chi connectivity index (χ0v) is 11.1. The third-order valence-electron chi connectivity index (χ3n) is 3.13. The van der Waals surface area contributed by atoms with Crippen LogP contribution in [0.5, 0.6) is 5.75 Å². The summed E-state index contributed by atoms with van der Waals surface area (Å²) < 4.78 is 0. The van der Waals surface area contributed by atoms with Crippen LogP contribution in [0, 0.1) is 0 Å². The Morgan fingerprint density at radius 1 is 1.59 bits per heavy atom. The fourth-order valence-electron chi connectivity index (χ4n) is 1.96. The lowest BCUT2D eigenvalue weighted by Crippen LogP contribution is -2.45. The highest BCUT2D eigenvalue weighted by atomic mass is 79.9. The molecule has 1 aromatic rings. The Morgan fingerprint density at radius 2 is 2.35 bits per heavy atom. The fourth-order valence-corrected chi connectivity index (χ4v) is 2.34. The Balaban J connectivity index is 2.18. The van der Waals surface area contributed by atoms with Crippen LogP contribution in [0.1, 0.15) is 29.6 Å². The number of carbonyl (C=O) groups excluding carboxylic acids is 1. The molecule has 0 saturated heterocycles. The molecule has 1 aromatic heterocycles. The van der Waals surface area contributed by atoms with Crippen LogP contribution in [-0.4, -0.2) is 38.8 Å². The molecule has 0 radical (unpaired) electrons. The van der Waals surface area contributed by atoms with E-state index in [9.17, 15) is 9.90 Å². The van der Waals surface area contributed by atoms with Gasteiger partial charge in [0.2, 0.25) is 0 Å². The molecular formula is C12H15BrN2O2. The quantitative estimate of drug-likeness (QED) is 0.867. The first-order valence-electron chi connectivity index (χ1n) is 5.74. The number of pyridine rings is 1. The monoisotopic (exact) mass is 298 g/mol. The van der Waals surface area contributed by atoms with Crippen LogP contribution in [0.3, 0.4) is 0 Å². The Bertz CT molecular complexity index is 407. The van der Waals surface area contributed by atoms with Gasteiger partial charge in [0.25, 0.3) is 5.91 Å². The molecule has 1 saturated carbocycles. The van der Waals surface area contributed by atoms with Gasteiger partial charge in [0.15, 0.2) is 0 Å². The van der Waals surface area contributed by atoms with Crippen molar-refractivity contribution in [3.8, 4) is 5.75 Å². The van der Waals surface area contributed by atoms with Gasteiger partial charge in [0.1, 0.15) is 5.75 Å². The first-order valence-corrected chi connectivity index (χ1v) is 6.86. The van der Waals surface area contributed by atoms with Gasteiger partial charge in [-0.25, -0.2) is 0 Å². The minimum atomic E-state index is -0.103. The highest BCUT2D eigenvalue weighted by molar-refractivity contribution is 9.09. The van der Waals surface area contributed by atoms with E-state index in [1.165, 1.54) is 18.8 Å². The maximum Gasteiger partial charge on any atom is 0.258 e. The molecule has 1 N–H and O–H groups in total. The number of carbonyl (C=O) groups is 1. The standard InChI is InChI=1S/C12H15BrN2O2/c13-5-7-15(9-2-1-3-9)12(17)10-4-6-14-8-11(10)16/h4,6,8-9,16H,1-3,5,7H2. The van der Waals surface area contributed by atoms with E-state index in [0.717, 1.165) is 18.2 Å². The van der Waals surface area contributed by atoms with Gasteiger partial charge in [-0.2, -0.15) is 0 Å². The summed E-state index contributed by atoms with van der Waals surface area (Å²) in [5, 5.41) is 10.4. The van der Waals surface area contributed by atoms with E-state index in [0.29, 0.717) is 18.2 Å². The molecule has 1 aliphatic carbocycles. The van der Waals surface area contributed by atoms with E-state index in [-0.39, 0.29) is 11.7 Å². The first-order chi connectivity index (χ1) is 8.24. The van der Waals surface area contributed by atoms with Gasteiger partial charge in [-0.3, -0.25) is 9.78 Å². The highest BCUT2D eigenvalue weighted by Crippen LogP contribution is 2.27. The zero-order chi connectivity index (χ0) is 12.3. The molecule has 92 valence electrons. The van der Waals surface area contributed by atoms with Gasteiger partial charge < -0.3 is 10.0 Å². The molecule has 0 aliphatic heterocycles. The number of amides is 1. The predicted octanol–water partition coefficient (Wildman–Crippen LogP) is 2.18. The summed E-state index contributed by atoms with van der Waals surface area (Å²) in [4.78, 5) is 17.9. The lowest BCUT2D eigenvalue weighted by atomic mass is 9.91. The van der Waals surface area contributed by atoms with Gasteiger partial charge in [-0.1, -0.05) is 15.9 Å². The van der Waals surface area contributed by atoms with E-state index in [1.54, 1.807) is 6.07 Å². The minimum absolute atomic E-state index is 0.0450. The largest absolute Gasteiger partial charge is 0.505 e. The molecule has 4 nitrogen and oxygen atoms in total. The van der Waals surface area contributed by atoms with Crippen molar-refractivity contribution >= 4 is 21.8 Å². The van der Waals surface area contributed by atoms with Gasteiger partial charge >= 0.3 is 0 Å². The van der Waals surface area contributed by atoms with Crippen molar-refractivity contribution in [3.05, 3.63) is 24.0 Å².